The quantitative estimate of drug-likeness (QED) is 0.195. The molecule has 3 heterocycles. The molecule has 10 heteroatoms. The first-order valence-electron chi connectivity index (χ1n) is 12.8. The van der Waals surface area contributed by atoms with Gasteiger partial charge in [-0.25, -0.2) is 9.37 Å². The zero-order chi connectivity index (χ0) is 28.5. The van der Waals surface area contributed by atoms with Gasteiger partial charge in [0, 0.05) is 0 Å². The molecule has 1 aliphatic rings. The average molecular weight is 571 g/mol. The molecule has 1 amide bonds. The Morgan fingerprint density at radius 2 is 1.88 bits per heavy atom. The second-order valence-corrected chi connectivity index (χ2v) is 10.2. The Morgan fingerprint density at radius 1 is 1.05 bits per heavy atom. The van der Waals surface area contributed by atoms with E-state index in [4.69, 9.17) is 13.9 Å². The number of aliphatic hydroxyl groups is 1. The average Bonchev–Trinajstić information content (AvgIpc) is 3.71. The van der Waals surface area contributed by atoms with E-state index >= 15 is 0 Å². The number of carbonyl (C=O) groups excluding carboxylic acids is 2. The third-order valence-electron chi connectivity index (χ3n) is 6.56. The van der Waals surface area contributed by atoms with Gasteiger partial charge in [0.05, 0.1) is 34.7 Å². The standard InChI is InChI=1S/C31H23FN2O6S/c1-2-38-24-15-19(10-13-22(24)40-17-18-7-4-3-5-8-18)27-26(28(35)23-9-6-14-39-23)29(36)30(37)34(27)31-33-21-12-11-20(32)16-25(21)41-31/h3-16,27,36H,2,17H2,1H3. The van der Waals surface area contributed by atoms with E-state index in [0.29, 0.717) is 40.5 Å². The number of ether oxygens (including phenoxy) is 2. The summed E-state index contributed by atoms with van der Waals surface area (Å²) in [5, 5.41) is 11.2. The van der Waals surface area contributed by atoms with Crippen LogP contribution in [0.3, 0.4) is 0 Å². The lowest BCUT2D eigenvalue weighted by molar-refractivity contribution is -0.117. The Bertz CT molecular complexity index is 1780. The van der Waals surface area contributed by atoms with E-state index in [9.17, 15) is 19.1 Å². The van der Waals surface area contributed by atoms with Crippen LogP contribution in [0.25, 0.3) is 10.2 Å². The molecule has 3 aromatic carbocycles. The van der Waals surface area contributed by atoms with E-state index in [-0.39, 0.29) is 16.5 Å². The molecule has 5 aromatic rings. The van der Waals surface area contributed by atoms with Crippen LogP contribution in [0, 0.1) is 5.82 Å². The van der Waals surface area contributed by atoms with Crippen LogP contribution in [0.2, 0.25) is 0 Å². The second-order valence-electron chi connectivity index (χ2n) is 9.17. The van der Waals surface area contributed by atoms with Crippen LogP contribution < -0.4 is 14.4 Å². The number of aromatic nitrogens is 1. The number of hydrogen-bond donors (Lipinski definition) is 1. The Hall–Kier alpha value is -4.96. The fourth-order valence-corrected chi connectivity index (χ4v) is 5.71. The zero-order valence-corrected chi connectivity index (χ0v) is 22.6. The van der Waals surface area contributed by atoms with Crippen molar-refractivity contribution in [2.75, 3.05) is 11.5 Å². The maximum absolute atomic E-state index is 13.9. The normalized spacial score (nSPS) is 15.1. The highest BCUT2D eigenvalue weighted by Crippen LogP contribution is 2.46. The van der Waals surface area contributed by atoms with Crippen LogP contribution in [0.4, 0.5) is 9.52 Å². The number of thiazole rings is 1. The number of fused-ring (bicyclic) bond motifs is 1. The van der Waals surface area contributed by atoms with Gasteiger partial charge in [0.15, 0.2) is 28.1 Å². The molecule has 0 fully saturated rings. The van der Waals surface area contributed by atoms with Gasteiger partial charge in [-0.1, -0.05) is 47.7 Å². The lowest BCUT2D eigenvalue weighted by Gasteiger charge is -2.25. The van der Waals surface area contributed by atoms with Crippen molar-refractivity contribution in [2.45, 2.75) is 19.6 Å². The molecule has 0 bridgehead atoms. The maximum Gasteiger partial charge on any atom is 0.296 e. The van der Waals surface area contributed by atoms with Crippen molar-refractivity contribution in [1.82, 2.24) is 4.98 Å². The van der Waals surface area contributed by atoms with Gasteiger partial charge in [0.2, 0.25) is 5.78 Å². The minimum atomic E-state index is -1.08. The number of carbonyl (C=O) groups is 2. The fraction of sp³-hybridized carbons (Fsp3) is 0.129. The van der Waals surface area contributed by atoms with E-state index in [0.717, 1.165) is 16.9 Å². The van der Waals surface area contributed by atoms with Gasteiger partial charge in [-0.15, -0.1) is 0 Å². The molecule has 0 saturated carbocycles. The minimum Gasteiger partial charge on any atom is -0.503 e. The number of benzene rings is 3. The van der Waals surface area contributed by atoms with Crippen molar-refractivity contribution in [1.29, 1.82) is 0 Å². The van der Waals surface area contributed by atoms with E-state index < -0.39 is 29.3 Å². The van der Waals surface area contributed by atoms with Crippen molar-refractivity contribution >= 4 is 38.4 Å². The SMILES string of the molecule is CCOc1cc(C2C(C(=O)c3ccco3)=C(O)C(=O)N2c2nc3ccc(F)cc3s2)ccc1OCc1ccccc1. The molecule has 1 aliphatic heterocycles. The summed E-state index contributed by atoms with van der Waals surface area (Å²) in [4.78, 5) is 32.9. The predicted molar refractivity (Wildman–Crippen MR) is 151 cm³/mol. The summed E-state index contributed by atoms with van der Waals surface area (Å²) in [7, 11) is 0. The fourth-order valence-electron chi connectivity index (χ4n) is 4.70. The summed E-state index contributed by atoms with van der Waals surface area (Å²) in [6, 6.07) is 20.8. The van der Waals surface area contributed by atoms with Gasteiger partial charge in [0.25, 0.3) is 5.91 Å². The summed E-state index contributed by atoms with van der Waals surface area (Å²) < 4.78 is 31.7. The van der Waals surface area contributed by atoms with Gasteiger partial charge in [-0.05, 0) is 60.5 Å². The summed E-state index contributed by atoms with van der Waals surface area (Å²) in [5.74, 6) is -1.79. The number of amides is 1. The Labute approximate surface area is 237 Å². The number of nitrogens with zero attached hydrogens (tertiary/aromatic N) is 2. The molecule has 0 spiro atoms. The number of hydrogen-bond acceptors (Lipinski definition) is 8. The molecule has 1 unspecified atom stereocenters. The van der Waals surface area contributed by atoms with Gasteiger partial charge >= 0.3 is 0 Å². The van der Waals surface area contributed by atoms with Crippen molar-refractivity contribution < 1.29 is 33.0 Å². The first-order chi connectivity index (χ1) is 19.9. The van der Waals surface area contributed by atoms with Crippen molar-refractivity contribution in [3.8, 4) is 11.5 Å². The van der Waals surface area contributed by atoms with E-state index in [1.807, 2.05) is 37.3 Å². The molecule has 41 heavy (non-hydrogen) atoms. The molecular formula is C31H23FN2O6S. The largest absolute Gasteiger partial charge is 0.503 e. The van der Waals surface area contributed by atoms with Crippen molar-refractivity contribution in [2.24, 2.45) is 0 Å². The van der Waals surface area contributed by atoms with E-state index in [2.05, 4.69) is 4.98 Å². The molecule has 1 N–H and O–H groups in total. The van der Waals surface area contributed by atoms with Gasteiger partial charge in [-0.3, -0.25) is 14.5 Å². The summed E-state index contributed by atoms with van der Waals surface area (Å²) in [6.07, 6.45) is 1.34. The lowest BCUT2D eigenvalue weighted by Crippen LogP contribution is -2.31. The number of halogens is 1. The maximum atomic E-state index is 13.9. The summed E-state index contributed by atoms with van der Waals surface area (Å²) in [6.45, 7) is 2.47. The van der Waals surface area contributed by atoms with Crippen LogP contribution in [-0.4, -0.2) is 28.4 Å². The summed E-state index contributed by atoms with van der Waals surface area (Å²) in [5.41, 5.74) is 1.75. The minimum absolute atomic E-state index is 0.0367. The molecule has 6 rings (SSSR count). The molecule has 8 nitrogen and oxygen atoms in total. The highest BCUT2D eigenvalue weighted by molar-refractivity contribution is 7.22. The number of anilines is 1. The topological polar surface area (TPSA) is 102 Å². The molecule has 206 valence electrons. The number of rotatable bonds is 9. The van der Waals surface area contributed by atoms with Crippen molar-refractivity contribution in [3.63, 3.8) is 0 Å². The van der Waals surface area contributed by atoms with Crippen LogP contribution in [0.15, 0.2) is 101 Å². The third-order valence-corrected chi connectivity index (χ3v) is 7.58. The first-order valence-corrected chi connectivity index (χ1v) is 13.6. The highest BCUT2D eigenvalue weighted by Gasteiger charge is 2.46. The molecule has 0 saturated heterocycles. The predicted octanol–water partition coefficient (Wildman–Crippen LogP) is 6.79. The van der Waals surface area contributed by atoms with Gasteiger partial charge < -0.3 is 19.0 Å². The van der Waals surface area contributed by atoms with Gasteiger partial charge in [0.1, 0.15) is 12.4 Å². The Kier molecular flexibility index (Phi) is 6.98. The third kappa shape index (κ3) is 4.93. The number of furan rings is 1. The highest BCUT2D eigenvalue weighted by atomic mass is 32.1. The molecule has 0 radical (unpaired) electrons. The zero-order valence-electron chi connectivity index (χ0n) is 21.7. The summed E-state index contributed by atoms with van der Waals surface area (Å²) >= 11 is 1.07. The van der Waals surface area contributed by atoms with Crippen LogP contribution in [0.1, 0.15) is 34.6 Å². The number of Topliss-reactive ketones (excluding diaryl/α,β-unsaturated/α-hetero) is 1. The van der Waals surface area contributed by atoms with Crippen LogP contribution in [-0.2, 0) is 11.4 Å². The Balaban J connectivity index is 1.45. The van der Waals surface area contributed by atoms with Gasteiger partial charge in [-0.2, -0.15) is 0 Å². The Morgan fingerprint density at radius 3 is 2.63 bits per heavy atom. The molecular weight excluding hydrogens is 547 g/mol. The number of aliphatic hydroxyl groups excluding tert-OH is 1. The van der Waals surface area contributed by atoms with Crippen molar-refractivity contribution in [3.05, 3.63) is 119 Å². The first kappa shape index (κ1) is 26.3. The molecule has 1 atom stereocenters. The van der Waals surface area contributed by atoms with Crippen LogP contribution in [0.5, 0.6) is 11.5 Å². The molecule has 2 aromatic heterocycles. The second kappa shape index (κ2) is 10.9. The van der Waals surface area contributed by atoms with E-state index in [1.165, 1.54) is 35.4 Å². The smallest absolute Gasteiger partial charge is 0.296 e. The monoisotopic (exact) mass is 570 g/mol. The van der Waals surface area contributed by atoms with Crippen LogP contribution >= 0.6 is 11.3 Å². The lowest BCUT2D eigenvalue weighted by atomic mass is 9.95. The van der Waals surface area contributed by atoms with E-state index in [1.54, 1.807) is 24.3 Å². The molecule has 0 aliphatic carbocycles. The number of ketones is 1.